The van der Waals surface area contributed by atoms with Crippen LogP contribution in [0.25, 0.3) is 22.4 Å². The van der Waals surface area contributed by atoms with Crippen molar-refractivity contribution in [2.45, 2.75) is 12.8 Å². The molecule has 2 aromatic heterocycles. The summed E-state index contributed by atoms with van der Waals surface area (Å²) in [5, 5.41) is 0. The molecule has 4 N–H and O–H groups in total. The van der Waals surface area contributed by atoms with Crippen molar-refractivity contribution in [2.75, 3.05) is 5.43 Å². The minimum atomic E-state index is -4.71. The molecule has 0 saturated heterocycles. The second-order valence-electron chi connectivity index (χ2n) is 6.29. The number of imidazole rings is 1. The molecule has 2 aromatic carbocycles. The Balaban J connectivity index is 1.93. The van der Waals surface area contributed by atoms with Crippen LogP contribution in [0, 0.1) is 0 Å². The van der Waals surface area contributed by atoms with Crippen LogP contribution < -0.4 is 21.7 Å². The van der Waals surface area contributed by atoms with Gasteiger partial charge in [-0.15, -0.1) is 4.73 Å². The van der Waals surface area contributed by atoms with Crippen LogP contribution >= 0.6 is 0 Å². The molecular formula is C19H15F3N6O2. The smallest absolute Gasteiger partial charge is 0.405 e. The third-order valence-electron chi connectivity index (χ3n) is 4.35. The molecule has 0 aliphatic heterocycles. The summed E-state index contributed by atoms with van der Waals surface area (Å²) in [6.45, 7) is -0.0504. The zero-order valence-electron chi connectivity index (χ0n) is 15.3. The number of aromatic amines is 1. The maximum atomic E-state index is 13.8. The van der Waals surface area contributed by atoms with E-state index in [0.29, 0.717) is 0 Å². The number of hydrazine groups is 1. The summed E-state index contributed by atoms with van der Waals surface area (Å²) in [6.07, 6.45) is -1.96. The summed E-state index contributed by atoms with van der Waals surface area (Å²) in [5.74, 6) is 5.10. The van der Waals surface area contributed by atoms with E-state index < -0.39 is 17.3 Å². The third kappa shape index (κ3) is 3.57. The van der Waals surface area contributed by atoms with Gasteiger partial charge in [0.2, 0.25) is 5.82 Å². The minimum Gasteiger partial charge on any atom is -0.405 e. The molecule has 0 unspecified atom stereocenters. The number of nitrogens with one attached hydrogen (secondary N) is 2. The average molecular weight is 416 g/mol. The summed E-state index contributed by atoms with van der Waals surface area (Å²) >= 11 is 0. The molecule has 0 amide bonds. The van der Waals surface area contributed by atoms with Crippen molar-refractivity contribution in [2.24, 2.45) is 5.84 Å². The second-order valence-corrected chi connectivity index (χ2v) is 6.29. The maximum absolute atomic E-state index is 13.8. The van der Waals surface area contributed by atoms with Gasteiger partial charge in [-0.1, -0.05) is 30.3 Å². The summed E-state index contributed by atoms with van der Waals surface area (Å²) in [4.78, 5) is 28.8. The first kappa shape index (κ1) is 19.5. The van der Waals surface area contributed by atoms with Crippen LogP contribution in [0.2, 0.25) is 0 Å². The fourth-order valence-corrected chi connectivity index (χ4v) is 2.98. The third-order valence-corrected chi connectivity index (χ3v) is 4.35. The molecule has 2 heterocycles. The SMILES string of the molecule is NNc1nc2cc(-c3ncc[nH]3)c(C(F)(F)F)cc2n(OCc2ccccc2)c1=O. The van der Waals surface area contributed by atoms with Crippen LogP contribution in [0.1, 0.15) is 11.1 Å². The lowest BCUT2D eigenvalue weighted by Crippen LogP contribution is -2.32. The van der Waals surface area contributed by atoms with E-state index in [2.05, 4.69) is 20.4 Å². The predicted molar refractivity (Wildman–Crippen MR) is 103 cm³/mol. The van der Waals surface area contributed by atoms with Gasteiger partial charge in [0.05, 0.1) is 11.1 Å². The number of fused-ring (bicyclic) bond motifs is 1. The first-order chi connectivity index (χ1) is 14.4. The zero-order chi connectivity index (χ0) is 21.3. The molecule has 0 atom stereocenters. The highest BCUT2D eigenvalue weighted by Gasteiger charge is 2.35. The zero-order valence-corrected chi connectivity index (χ0v) is 15.3. The first-order valence-corrected chi connectivity index (χ1v) is 8.70. The molecule has 4 rings (SSSR count). The number of benzene rings is 2. The van der Waals surface area contributed by atoms with Gasteiger partial charge in [-0.05, 0) is 17.7 Å². The van der Waals surface area contributed by atoms with Gasteiger partial charge in [-0.25, -0.2) is 15.8 Å². The molecule has 11 heteroatoms. The van der Waals surface area contributed by atoms with Crippen LogP contribution in [-0.4, -0.2) is 19.7 Å². The molecular weight excluding hydrogens is 401 g/mol. The predicted octanol–water partition coefficient (Wildman–Crippen LogP) is 2.72. The summed E-state index contributed by atoms with van der Waals surface area (Å²) in [5.41, 5.74) is 0.759. The Bertz CT molecular complexity index is 1240. The quantitative estimate of drug-likeness (QED) is 0.341. The molecule has 0 aliphatic rings. The molecule has 4 aromatic rings. The molecule has 8 nitrogen and oxygen atoms in total. The first-order valence-electron chi connectivity index (χ1n) is 8.70. The Morgan fingerprint density at radius 3 is 2.60 bits per heavy atom. The van der Waals surface area contributed by atoms with Gasteiger partial charge < -0.3 is 15.2 Å². The number of nitrogen functional groups attached to an aromatic ring is 1. The minimum absolute atomic E-state index is 0.0104. The van der Waals surface area contributed by atoms with Crippen molar-refractivity contribution >= 4 is 16.9 Å². The monoisotopic (exact) mass is 416 g/mol. The maximum Gasteiger partial charge on any atom is 0.417 e. The van der Waals surface area contributed by atoms with Gasteiger partial charge in [0.15, 0.2) is 0 Å². The number of hydrogen-bond donors (Lipinski definition) is 3. The van der Waals surface area contributed by atoms with E-state index in [9.17, 15) is 18.0 Å². The second kappa shape index (κ2) is 7.52. The molecule has 0 saturated carbocycles. The number of alkyl halides is 3. The summed E-state index contributed by atoms with van der Waals surface area (Å²) in [7, 11) is 0. The Kier molecular flexibility index (Phi) is 4.88. The van der Waals surface area contributed by atoms with Gasteiger partial charge >= 0.3 is 11.7 Å². The van der Waals surface area contributed by atoms with Crippen LogP contribution in [0.4, 0.5) is 19.0 Å². The van der Waals surface area contributed by atoms with Crippen molar-refractivity contribution in [3.05, 3.63) is 76.3 Å². The molecule has 0 bridgehead atoms. The van der Waals surface area contributed by atoms with Crippen molar-refractivity contribution in [1.82, 2.24) is 19.7 Å². The largest absolute Gasteiger partial charge is 0.417 e. The van der Waals surface area contributed by atoms with Gasteiger partial charge in [-0.2, -0.15) is 13.2 Å². The van der Waals surface area contributed by atoms with E-state index in [0.717, 1.165) is 16.4 Å². The van der Waals surface area contributed by atoms with Crippen LogP contribution in [0.3, 0.4) is 0 Å². The van der Waals surface area contributed by atoms with Crippen molar-refractivity contribution in [1.29, 1.82) is 0 Å². The standard InChI is InChI=1S/C19H15F3N6O2/c20-19(21,22)13-9-15-14(8-12(13)16-24-6-7-25-16)26-17(27-23)18(29)28(15)30-10-11-4-2-1-3-5-11/h1-9H,10,23H2,(H,24,25)(H,26,27). The fraction of sp³-hybridized carbons (Fsp3) is 0.105. The van der Waals surface area contributed by atoms with Crippen molar-refractivity contribution in [3.63, 3.8) is 0 Å². The Labute approximate surface area is 167 Å². The van der Waals surface area contributed by atoms with Gasteiger partial charge in [-0.3, -0.25) is 4.79 Å². The lowest BCUT2D eigenvalue weighted by Gasteiger charge is -2.17. The number of nitrogens with two attached hydrogens (primary N) is 1. The molecule has 154 valence electrons. The fourth-order valence-electron chi connectivity index (χ4n) is 2.98. The summed E-state index contributed by atoms with van der Waals surface area (Å²) in [6, 6.07) is 10.9. The average Bonchev–Trinajstić information content (AvgIpc) is 3.27. The van der Waals surface area contributed by atoms with Gasteiger partial charge in [0, 0.05) is 18.0 Å². The van der Waals surface area contributed by atoms with E-state index in [1.54, 1.807) is 30.3 Å². The number of anilines is 1. The Morgan fingerprint density at radius 2 is 1.97 bits per heavy atom. The van der Waals surface area contributed by atoms with Crippen LogP contribution in [-0.2, 0) is 12.8 Å². The van der Waals surface area contributed by atoms with Crippen molar-refractivity contribution in [3.8, 4) is 11.4 Å². The molecule has 0 aliphatic carbocycles. The number of halogens is 3. The van der Waals surface area contributed by atoms with Crippen LogP contribution in [0.5, 0.6) is 0 Å². The number of nitrogens with zero attached hydrogens (tertiary/aromatic N) is 3. The Hall–Kier alpha value is -3.86. The van der Waals surface area contributed by atoms with E-state index >= 15 is 0 Å². The lowest BCUT2D eigenvalue weighted by molar-refractivity contribution is -0.137. The normalized spacial score (nSPS) is 11.6. The van der Waals surface area contributed by atoms with E-state index in [1.165, 1.54) is 18.5 Å². The number of rotatable bonds is 5. The molecule has 30 heavy (non-hydrogen) atoms. The van der Waals surface area contributed by atoms with Gasteiger partial charge in [0.1, 0.15) is 17.9 Å². The topological polar surface area (TPSA) is 111 Å². The highest BCUT2D eigenvalue weighted by atomic mass is 19.4. The molecule has 0 radical (unpaired) electrons. The van der Waals surface area contributed by atoms with E-state index in [1.807, 2.05) is 0 Å². The van der Waals surface area contributed by atoms with Gasteiger partial charge in [0.25, 0.3) is 0 Å². The highest BCUT2D eigenvalue weighted by Crippen LogP contribution is 2.38. The lowest BCUT2D eigenvalue weighted by atomic mass is 10.0. The van der Waals surface area contributed by atoms with E-state index in [4.69, 9.17) is 10.7 Å². The van der Waals surface area contributed by atoms with Crippen LogP contribution in [0.15, 0.2) is 59.7 Å². The molecule has 0 spiro atoms. The van der Waals surface area contributed by atoms with E-state index in [-0.39, 0.29) is 34.8 Å². The number of hydrogen-bond acceptors (Lipinski definition) is 6. The number of aromatic nitrogens is 4. The number of H-pyrrole nitrogens is 1. The van der Waals surface area contributed by atoms with Crippen molar-refractivity contribution < 1.29 is 18.0 Å². The Morgan fingerprint density at radius 1 is 1.20 bits per heavy atom. The summed E-state index contributed by atoms with van der Waals surface area (Å²) < 4.78 is 42.1. The molecule has 0 fully saturated rings. The highest BCUT2D eigenvalue weighted by molar-refractivity contribution is 5.83.